The van der Waals surface area contributed by atoms with Crippen LogP contribution in [0.5, 0.6) is 0 Å². The first-order chi connectivity index (χ1) is 11.1. The highest BCUT2D eigenvalue weighted by Gasteiger charge is 2.30. The number of rotatable bonds is 3. The number of piperazine rings is 1. The van der Waals surface area contributed by atoms with Crippen LogP contribution in [0.15, 0.2) is 35.7 Å². The van der Waals surface area contributed by atoms with Gasteiger partial charge in [0.05, 0.1) is 12.6 Å². The summed E-state index contributed by atoms with van der Waals surface area (Å²) < 4.78 is 0. The van der Waals surface area contributed by atoms with Gasteiger partial charge in [-0.2, -0.15) is 0 Å². The van der Waals surface area contributed by atoms with Crippen LogP contribution in [0.1, 0.15) is 22.3 Å². The number of urea groups is 1. The zero-order chi connectivity index (χ0) is 16.2. The molecular weight excluding hydrogens is 308 g/mol. The Bertz CT molecular complexity index is 658. The molecule has 23 heavy (non-hydrogen) atoms. The van der Waals surface area contributed by atoms with Gasteiger partial charge < -0.3 is 15.1 Å². The van der Waals surface area contributed by atoms with E-state index in [1.165, 1.54) is 5.56 Å². The van der Waals surface area contributed by atoms with Crippen molar-refractivity contribution in [2.45, 2.75) is 19.5 Å². The Morgan fingerprint density at radius 2 is 2.13 bits per heavy atom. The molecule has 1 N–H and O–H groups in total. The van der Waals surface area contributed by atoms with Gasteiger partial charge in [0.15, 0.2) is 0 Å². The third kappa shape index (κ3) is 3.89. The van der Waals surface area contributed by atoms with Gasteiger partial charge in [0, 0.05) is 30.7 Å². The largest absolute Gasteiger partial charge is 0.331 e. The molecule has 3 rings (SSSR count). The number of carbonyl (C=O) groups excluding carboxylic acids is 1. The number of aryl methyl sites for hydroxylation is 1. The Kier molecular flexibility index (Phi) is 4.93. The predicted molar refractivity (Wildman–Crippen MR) is 92.5 cm³/mol. The molecule has 0 spiro atoms. The number of carbonyl (C=O) groups is 1. The number of nitrogens with zero attached hydrogens (tertiary/aromatic N) is 3. The molecule has 0 saturated carbocycles. The van der Waals surface area contributed by atoms with Crippen LogP contribution < -0.4 is 5.32 Å². The summed E-state index contributed by atoms with van der Waals surface area (Å²) in [6, 6.07) is 10.3. The average molecular weight is 330 g/mol. The molecule has 0 aliphatic carbocycles. The lowest BCUT2D eigenvalue weighted by molar-refractivity contribution is 0.108. The molecular formula is C17H22N4OS. The molecule has 5 nitrogen and oxygen atoms in total. The standard InChI is InChI=1S/C17H22N4OS/c1-13-12-23-16(19-13)10-18-17(22)21-9-8-20(2)11-15(21)14-6-4-3-5-7-14/h3-7,12,15H,8-11H2,1-2H3,(H,18,22)/t15-/m1/s1. The summed E-state index contributed by atoms with van der Waals surface area (Å²) in [7, 11) is 2.10. The zero-order valence-electron chi connectivity index (χ0n) is 13.5. The maximum absolute atomic E-state index is 12.6. The van der Waals surface area contributed by atoms with Crippen molar-refractivity contribution in [1.29, 1.82) is 0 Å². The molecule has 0 bridgehead atoms. The molecule has 122 valence electrons. The summed E-state index contributed by atoms with van der Waals surface area (Å²) in [4.78, 5) is 21.2. The fourth-order valence-corrected chi connectivity index (χ4v) is 3.57. The van der Waals surface area contributed by atoms with Crippen LogP contribution in [0.25, 0.3) is 0 Å². The first kappa shape index (κ1) is 16.0. The lowest BCUT2D eigenvalue weighted by atomic mass is 10.0. The maximum atomic E-state index is 12.6. The molecule has 2 amide bonds. The summed E-state index contributed by atoms with van der Waals surface area (Å²) in [5.74, 6) is 0. The van der Waals surface area contributed by atoms with Gasteiger partial charge in [-0.25, -0.2) is 9.78 Å². The van der Waals surface area contributed by atoms with E-state index in [4.69, 9.17) is 0 Å². The molecule has 1 aromatic heterocycles. The third-order valence-corrected chi connectivity index (χ3v) is 5.05. The quantitative estimate of drug-likeness (QED) is 0.941. The molecule has 1 fully saturated rings. The Hall–Kier alpha value is -1.92. The van der Waals surface area contributed by atoms with Gasteiger partial charge in [0.1, 0.15) is 5.01 Å². The second kappa shape index (κ2) is 7.10. The fraction of sp³-hybridized carbons (Fsp3) is 0.412. The lowest BCUT2D eigenvalue weighted by Gasteiger charge is -2.40. The first-order valence-corrected chi connectivity index (χ1v) is 8.70. The van der Waals surface area contributed by atoms with Gasteiger partial charge in [0.2, 0.25) is 0 Å². The van der Waals surface area contributed by atoms with Crippen LogP contribution in [0.2, 0.25) is 0 Å². The van der Waals surface area contributed by atoms with Crippen molar-refractivity contribution in [2.24, 2.45) is 0 Å². The Labute approximate surface area is 140 Å². The SMILES string of the molecule is Cc1csc(CNC(=O)N2CCN(C)C[C@@H]2c2ccccc2)n1. The number of amides is 2. The molecule has 1 saturated heterocycles. The van der Waals surface area contributed by atoms with Gasteiger partial charge in [0.25, 0.3) is 0 Å². The fourth-order valence-electron chi connectivity index (χ4n) is 2.86. The van der Waals surface area contributed by atoms with E-state index in [0.29, 0.717) is 6.54 Å². The van der Waals surface area contributed by atoms with Gasteiger partial charge in [-0.15, -0.1) is 11.3 Å². The van der Waals surface area contributed by atoms with Crippen molar-refractivity contribution in [3.8, 4) is 0 Å². The van der Waals surface area contributed by atoms with Crippen molar-refractivity contribution < 1.29 is 4.79 Å². The third-order valence-electron chi connectivity index (χ3n) is 4.09. The topological polar surface area (TPSA) is 48.5 Å². The van der Waals surface area contributed by atoms with Crippen LogP contribution in [0, 0.1) is 6.92 Å². The monoisotopic (exact) mass is 330 g/mol. The Balaban J connectivity index is 1.69. The summed E-state index contributed by atoms with van der Waals surface area (Å²) in [6.07, 6.45) is 0. The molecule has 1 aromatic carbocycles. The van der Waals surface area contributed by atoms with Gasteiger partial charge in [-0.3, -0.25) is 0 Å². The van der Waals surface area contributed by atoms with E-state index in [2.05, 4.69) is 34.4 Å². The van der Waals surface area contributed by atoms with E-state index >= 15 is 0 Å². The molecule has 1 aliphatic heterocycles. The maximum Gasteiger partial charge on any atom is 0.318 e. The van der Waals surface area contributed by atoms with Crippen LogP contribution >= 0.6 is 11.3 Å². The molecule has 2 heterocycles. The summed E-state index contributed by atoms with van der Waals surface area (Å²) in [5, 5.41) is 5.96. The smallest absolute Gasteiger partial charge is 0.318 e. The number of hydrogen-bond donors (Lipinski definition) is 1. The molecule has 0 radical (unpaired) electrons. The summed E-state index contributed by atoms with van der Waals surface area (Å²) in [6.45, 7) is 4.94. The molecule has 0 unspecified atom stereocenters. The summed E-state index contributed by atoms with van der Waals surface area (Å²) in [5.41, 5.74) is 2.18. The van der Waals surface area contributed by atoms with E-state index in [1.807, 2.05) is 35.4 Å². The number of likely N-dealkylation sites (N-methyl/N-ethyl adjacent to an activating group) is 1. The van der Waals surface area contributed by atoms with Gasteiger partial charge in [-0.1, -0.05) is 30.3 Å². The van der Waals surface area contributed by atoms with Crippen LogP contribution in [-0.2, 0) is 6.54 Å². The van der Waals surface area contributed by atoms with Gasteiger partial charge >= 0.3 is 6.03 Å². The minimum absolute atomic E-state index is 0.0141. The van der Waals surface area contributed by atoms with E-state index in [0.717, 1.165) is 30.3 Å². The van der Waals surface area contributed by atoms with E-state index in [-0.39, 0.29) is 12.1 Å². The Morgan fingerprint density at radius 3 is 2.83 bits per heavy atom. The van der Waals surface area contributed by atoms with E-state index in [9.17, 15) is 4.79 Å². The van der Waals surface area contributed by atoms with Crippen LogP contribution in [-0.4, -0.2) is 47.5 Å². The molecule has 2 aromatic rings. The average Bonchev–Trinajstić information content (AvgIpc) is 2.99. The van der Waals surface area contributed by atoms with E-state index in [1.54, 1.807) is 11.3 Å². The highest BCUT2D eigenvalue weighted by Crippen LogP contribution is 2.24. The first-order valence-electron chi connectivity index (χ1n) is 7.82. The minimum atomic E-state index is -0.0141. The highest BCUT2D eigenvalue weighted by molar-refractivity contribution is 7.09. The molecule has 1 atom stereocenters. The van der Waals surface area contributed by atoms with Crippen molar-refractivity contribution in [3.63, 3.8) is 0 Å². The number of hydrogen-bond acceptors (Lipinski definition) is 4. The second-order valence-electron chi connectivity index (χ2n) is 5.92. The minimum Gasteiger partial charge on any atom is -0.331 e. The van der Waals surface area contributed by atoms with Crippen molar-refractivity contribution in [3.05, 3.63) is 52.0 Å². The lowest BCUT2D eigenvalue weighted by Crippen LogP contribution is -2.52. The van der Waals surface area contributed by atoms with Crippen molar-refractivity contribution >= 4 is 17.4 Å². The number of benzene rings is 1. The highest BCUT2D eigenvalue weighted by atomic mass is 32.1. The normalized spacial score (nSPS) is 18.9. The number of nitrogens with one attached hydrogen (secondary N) is 1. The molecule has 1 aliphatic rings. The van der Waals surface area contributed by atoms with E-state index < -0.39 is 0 Å². The molecule has 6 heteroatoms. The Morgan fingerprint density at radius 1 is 1.35 bits per heavy atom. The number of aromatic nitrogens is 1. The predicted octanol–water partition coefficient (Wildman–Crippen LogP) is 2.65. The second-order valence-corrected chi connectivity index (χ2v) is 6.87. The van der Waals surface area contributed by atoms with Crippen molar-refractivity contribution in [1.82, 2.24) is 20.1 Å². The van der Waals surface area contributed by atoms with Crippen LogP contribution in [0.4, 0.5) is 4.79 Å². The number of thiazole rings is 1. The zero-order valence-corrected chi connectivity index (χ0v) is 14.3. The van der Waals surface area contributed by atoms with Crippen LogP contribution in [0.3, 0.4) is 0 Å². The summed E-state index contributed by atoms with van der Waals surface area (Å²) >= 11 is 1.58. The van der Waals surface area contributed by atoms with Crippen molar-refractivity contribution in [2.75, 3.05) is 26.7 Å². The van der Waals surface area contributed by atoms with Gasteiger partial charge in [-0.05, 0) is 19.5 Å².